The van der Waals surface area contributed by atoms with Gasteiger partial charge in [0, 0.05) is 0 Å². The van der Waals surface area contributed by atoms with Gasteiger partial charge in [0.2, 0.25) is 0 Å². The molecule has 2 aliphatic heterocycles. The summed E-state index contributed by atoms with van der Waals surface area (Å²) in [5.41, 5.74) is 5.51. The smallest absolute Gasteiger partial charge is 0.165 e. The third kappa shape index (κ3) is 1.03. The van der Waals surface area contributed by atoms with Gasteiger partial charge in [-0.3, -0.25) is 0 Å². The molecule has 3 aliphatic rings. The van der Waals surface area contributed by atoms with E-state index in [1.165, 1.54) is 0 Å². The van der Waals surface area contributed by atoms with Crippen molar-refractivity contribution < 1.29 is 4.74 Å². The maximum absolute atomic E-state index is 5.69. The molecule has 1 saturated carbocycles. The van der Waals surface area contributed by atoms with Crippen molar-refractivity contribution in [1.82, 2.24) is 15.0 Å². The van der Waals surface area contributed by atoms with Gasteiger partial charge in [-0.2, -0.15) is 9.90 Å². The van der Waals surface area contributed by atoms with Crippen LogP contribution in [0.15, 0.2) is 6.20 Å². The SMILES string of the molecule is Nc1cnn(CC23CC(CO2)C3)n1. The molecule has 4 rings (SSSR count). The molecular weight excluding hydrogens is 168 g/mol. The van der Waals surface area contributed by atoms with E-state index in [9.17, 15) is 0 Å². The summed E-state index contributed by atoms with van der Waals surface area (Å²) in [4.78, 5) is 1.64. The van der Waals surface area contributed by atoms with Crippen LogP contribution in [-0.4, -0.2) is 27.2 Å². The van der Waals surface area contributed by atoms with Crippen LogP contribution in [0, 0.1) is 5.92 Å². The summed E-state index contributed by atoms with van der Waals surface area (Å²) < 4.78 is 5.69. The first kappa shape index (κ1) is 7.32. The van der Waals surface area contributed by atoms with Gasteiger partial charge in [0.25, 0.3) is 0 Å². The molecule has 1 aliphatic carbocycles. The van der Waals surface area contributed by atoms with Crippen LogP contribution in [0.4, 0.5) is 5.82 Å². The van der Waals surface area contributed by atoms with E-state index >= 15 is 0 Å². The maximum atomic E-state index is 5.69. The summed E-state index contributed by atoms with van der Waals surface area (Å²) in [6, 6.07) is 0. The van der Waals surface area contributed by atoms with E-state index in [1.807, 2.05) is 0 Å². The minimum absolute atomic E-state index is 0.0378. The monoisotopic (exact) mass is 180 g/mol. The van der Waals surface area contributed by atoms with Crippen LogP contribution in [0.3, 0.4) is 0 Å². The molecular formula is C8H12N4O. The van der Waals surface area contributed by atoms with Gasteiger partial charge in [-0.15, -0.1) is 5.10 Å². The lowest BCUT2D eigenvalue weighted by Gasteiger charge is -2.34. The molecule has 13 heavy (non-hydrogen) atoms. The molecule has 0 unspecified atom stereocenters. The normalized spacial score (nSPS) is 36.2. The van der Waals surface area contributed by atoms with E-state index in [2.05, 4.69) is 10.2 Å². The molecule has 0 amide bonds. The molecule has 1 aromatic rings. The Morgan fingerprint density at radius 2 is 2.54 bits per heavy atom. The van der Waals surface area contributed by atoms with Crippen molar-refractivity contribution in [2.24, 2.45) is 5.92 Å². The third-order valence-corrected chi connectivity index (χ3v) is 2.93. The van der Waals surface area contributed by atoms with Crippen molar-refractivity contribution in [2.75, 3.05) is 12.3 Å². The minimum Gasteiger partial charge on any atom is -0.381 e. The predicted octanol–water partition coefficient (Wildman–Crippen LogP) is 0.0393. The number of anilines is 1. The number of ether oxygens (including phenoxy) is 1. The number of hydrogen-bond donors (Lipinski definition) is 1. The number of aromatic nitrogens is 3. The van der Waals surface area contributed by atoms with E-state index in [-0.39, 0.29) is 5.60 Å². The number of nitrogens with zero attached hydrogens (tertiary/aromatic N) is 3. The van der Waals surface area contributed by atoms with E-state index in [4.69, 9.17) is 10.5 Å². The second-order valence-electron chi connectivity index (χ2n) is 4.07. The quantitative estimate of drug-likeness (QED) is 0.697. The van der Waals surface area contributed by atoms with Gasteiger partial charge in [-0.25, -0.2) is 0 Å². The van der Waals surface area contributed by atoms with Crippen LogP contribution >= 0.6 is 0 Å². The number of nitrogens with two attached hydrogens (primary N) is 1. The zero-order valence-electron chi connectivity index (χ0n) is 7.31. The molecule has 0 aromatic carbocycles. The van der Waals surface area contributed by atoms with Gasteiger partial charge in [-0.1, -0.05) is 0 Å². The molecule has 2 bridgehead atoms. The Balaban J connectivity index is 1.75. The molecule has 70 valence electrons. The van der Waals surface area contributed by atoms with Crippen molar-refractivity contribution in [2.45, 2.75) is 25.0 Å². The summed E-state index contributed by atoms with van der Waals surface area (Å²) in [6.07, 6.45) is 3.89. The third-order valence-electron chi connectivity index (χ3n) is 2.93. The summed E-state index contributed by atoms with van der Waals surface area (Å²) in [5, 5.41) is 8.10. The molecule has 5 nitrogen and oxygen atoms in total. The summed E-state index contributed by atoms with van der Waals surface area (Å²) >= 11 is 0. The first-order chi connectivity index (χ1) is 6.26. The fraction of sp³-hybridized carbons (Fsp3) is 0.750. The molecule has 1 aromatic heterocycles. The standard InChI is InChI=1S/C8H12N4O/c9-7-3-10-12(11-7)5-8-1-6(2-8)4-13-8/h3,6H,1-2,4-5H2,(H2,9,11). The van der Waals surface area contributed by atoms with Crippen molar-refractivity contribution >= 4 is 5.82 Å². The Morgan fingerprint density at radius 3 is 3.08 bits per heavy atom. The molecule has 0 atom stereocenters. The summed E-state index contributed by atoms with van der Waals surface area (Å²) in [7, 11) is 0. The lowest BCUT2D eigenvalue weighted by molar-refractivity contribution is -0.0196. The highest BCUT2D eigenvalue weighted by Gasteiger charge is 2.52. The van der Waals surface area contributed by atoms with Gasteiger partial charge in [-0.05, 0) is 18.8 Å². The van der Waals surface area contributed by atoms with E-state index in [0.717, 1.165) is 31.9 Å². The van der Waals surface area contributed by atoms with Crippen LogP contribution in [0.2, 0.25) is 0 Å². The Labute approximate surface area is 75.9 Å². The molecule has 3 fully saturated rings. The van der Waals surface area contributed by atoms with E-state index in [0.29, 0.717) is 5.82 Å². The van der Waals surface area contributed by atoms with Crippen LogP contribution in [0.25, 0.3) is 0 Å². The average molecular weight is 180 g/mol. The van der Waals surface area contributed by atoms with Gasteiger partial charge in [0.1, 0.15) is 0 Å². The van der Waals surface area contributed by atoms with E-state index in [1.54, 1.807) is 11.0 Å². The molecule has 2 saturated heterocycles. The molecule has 0 radical (unpaired) electrons. The zero-order valence-corrected chi connectivity index (χ0v) is 7.31. The number of hydrogen-bond acceptors (Lipinski definition) is 4. The van der Waals surface area contributed by atoms with Gasteiger partial charge in [0.05, 0.1) is 24.9 Å². The van der Waals surface area contributed by atoms with Gasteiger partial charge >= 0.3 is 0 Å². The Morgan fingerprint density at radius 1 is 1.69 bits per heavy atom. The highest BCUT2D eigenvalue weighted by atomic mass is 16.5. The molecule has 3 heterocycles. The first-order valence-corrected chi connectivity index (χ1v) is 4.55. The lowest BCUT2D eigenvalue weighted by atomic mass is 9.75. The largest absolute Gasteiger partial charge is 0.381 e. The number of rotatable bonds is 2. The molecule has 5 heteroatoms. The second kappa shape index (κ2) is 2.23. The Kier molecular flexibility index (Phi) is 1.25. The Hall–Kier alpha value is -1.10. The zero-order chi connectivity index (χ0) is 8.89. The number of fused-ring (bicyclic) bond motifs is 1. The van der Waals surface area contributed by atoms with Crippen LogP contribution in [0.1, 0.15) is 12.8 Å². The molecule has 2 N–H and O–H groups in total. The molecule has 0 spiro atoms. The van der Waals surface area contributed by atoms with Crippen LogP contribution in [0.5, 0.6) is 0 Å². The van der Waals surface area contributed by atoms with Crippen molar-refractivity contribution in [3.63, 3.8) is 0 Å². The Bertz CT molecular complexity index is 323. The van der Waals surface area contributed by atoms with Gasteiger partial charge < -0.3 is 10.5 Å². The maximum Gasteiger partial charge on any atom is 0.165 e. The van der Waals surface area contributed by atoms with Crippen LogP contribution in [-0.2, 0) is 11.3 Å². The number of nitrogen functional groups attached to an aromatic ring is 1. The first-order valence-electron chi connectivity index (χ1n) is 4.55. The predicted molar refractivity (Wildman–Crippen MR) is 45.8 cm³/mol. The average Bonchev–Trinajstić information content (AvgIpc) is 2.65. The fourth-order valence-electron chi connectivity index (χ4n) is 2.34. The van der Waals surface area contributed by atoms with Crippen molar-refractivity contribution in [3.05, 3.63) is 6.20 Å². The minimum atomic E-state index is 0.0378. The van der Waals surface area contributed by atoms with Gasteiger partial charge in [0.15, 0.2) is 5.82 Å². The summed E-state index contributed by atoms with van der Waals surface area (Å²) in [5.74, 6) is 1.26. The van der Waals surface area contributed by atoms with E-state index < -0.39 is 0 Å². The highest BCUT2D eigenvalue weighted by molar-refractivity contribution is 5.19. The lowest BCUT2D eigenvalue weighted by Crippen LogP contribution is -2.41. The van der Waals surface area contributed by atoms with Crippen molar-refractivity contribution in [1.29, 1.82) is 0 Å². The fourth-order valence-corrected chi connectivity index (χ4v) is 2.34. The topological polar surface area (TPSA) is 66.0 Å². The summed E-state index contributed by atoms with van der Waals surface area (Å²) in [6.45, 7) is 1.66. The highest BCUT2D eigenvalue weighted by Crippen LogP contribution is 2.48. The second-order valence-corrected chi connectivity index (χ2v) is 4.07. The van der Waals surface area contributed by atoms with Crippen LogP contribution < -0.4 is 5.73 Å². The van der Waals surface area contributed by atoms with Crippen molar-refractivity contribution in [3.8, 4) is 0 Å².